The molecule has 0 heterocycles. The lowest BCUT2D eigenvalue weighted by molar-refractivity contribution is 0.119. The molecule has 2 aliphatic rings. The molecular formula is C16H32N2. The Morgan fingerprint density at radius 3 is 2.56 bits per heavy atom. The molecule has 0 radical (unpaired) electrons. The molecule has 0 aromatic rings. The molecule has 2 fully saturated rings. The highest BCUT2D eigenvalue weighted by Gasteiger charge is 2.28. The molecule has 0 spiro atoms. The normalized spacial score (nSPS) is 38.0. The molecule has 1 N–H and O–H groups in total. The third-order valence-electron chi connectivity index (χ3n) is 5.33. The summed E-state index contributed by atoms with van der Waals surface area (Å²) in [7, 11) is 4.51. The molecule has 0 amide bonds. The fourth-order valence-corrected chi connectivity index (χ4v) is 4.13. The maximum absolute atomic E-state index is 3.54. The van der Waals surface area contributed by atoms with Crippen LogP contribution in [0.2, 0.25) is 0 Å². The van der Waals surface area contributed by atoms with Crippen molar-refractivity contribution in [3.63, 3.8) is 0 Å². The highest BCUT2D eigenvalue weighted by molar-refractivity contribution is 4.84. The summed E-state index contributed by atoms with van der Waals surface area (Å²) in [5.74, 6) is 1.82. The minimum Gasteiger partial charge on any atom is -0.317 e. The van der Waals surface area contributed by atoms with Crippen LogP contribution in [-0.2, 0) is 0 Å². The van der Waals surface area contributed by atoms with Crippen molar-refractivity contribution in [2.45, 2.75) is 70.4 Å². The van der Waals surface area contributed by atoms with Gasteiger partial charge in [-0.05, 0) is 51.6 Å². The van der Waals surface area contributed by atoms with Crippen molar-refractivity contribution >= 4 is 0 Å². The van der Waals surface area contributed by atoms with Crippen molar-refractivity contribution in [2.75, 3.05) is 20.6 Å². The van der Waals surface area contributed by atoms with Gasteiger partial charge >= 0.3 is 0 Å². The summed E-state index contributed by atoms with van der Waals surface area (Å²) in [5.41, 5.74) is 0. The maximum Gasteiger partial charge on any atom is 0.0104 e. The van der Waals surface area contributed by atoms with Crippen molar-refractivity contribution in [3.05, 3.63) is 0 Å². The third-order valence-corrected chi connectivity index (χ3v) is 5.33. The first-order valence-electron chi connectivity index (χ1n) is 8.08. The van der Waals surface area contributed by atoms with Gasteiger partial charge < -0.3 is 10.2 Å². The average Bonchev–Trinajstić information content (AvgIpc) is 2.39. The highest BCUT2D eigenvalue weighted by Crippen LogP contribution is 2.30. The average molecular weight is 252 g/mol. The van der Waals surface area contributed by atoms with E-state index in [2.05, 4.69) is 31.2 Å². The zero-order valence-corrected chi connectivity index (χ0v) is 12.6. The fraction of sp³-hybridized carbons (Fsp3) is 1.00. The lowest BCUT2D eigenvalue weighted by Gasteiger charge is -2.39. The van der Waals surface area contributed by atoms with Crippen LogP contribution in [-0.4, -0.2) is 37.6 Å². The Morgan fingerprint density at radius 2 is 1.83 bits per heavy atom. The lowest BCUT2D eigenvalue weighted by Crippen LogP contribution is -2.45. The monoisotopic (exact) mass is 252 g/mol. The van der Waals surface area contributed by atoms with Gasteiger partial charge in [-0.25, -0.2) is 0 Å². The summed E-state index contributed by atoms with van der Waals surface area (Å²) >= 11 is 0. The van der Waals surface area contributed by atoms with Crippen LogP contribution in [0.3, 0.4) is 0 Å². The SMILES string of the molecule is CNC1CCCCC1CN(C)C1CCCC(C)C1. The molecule has 2 nitrogen and oxygen atoms in total. The summed E-state index contributed by atoms with van der Waals surface area (Å²) in [5, 5.41) is 3.54. The van der Waals surface area contributed by atoms with Crippen LogP contribution in [0, 0.1) is 11.8 Å². The third kappa shape index (κ3) is 3.71. The first kappa shape index (κ1) is 14.3. The van der Waals surface area contributed by atoms with E-state index in [1.807, 2.05) is 0 Å². The van der Waals surface area contributed by atoms with Crippen LogP contribution in [0.4, 0.5) is 0 Å². The van der Waals surface area contributed by atoms with E-state index in [1.165, 1.54) is 57.9 Å². The Balaban J connectivity index is 1.83. The van der Waals surface area contributed by atoms with Crippen LogP contribution in [0.5, 0.6) is 0 Å². The van der Waals surface area contributed by atoms with Crippen molar-refractivity contribution in [1.82, 2.24) is 10.2 Å². The van der Waals surface area contributed by atoms with Crippen molar-refractivity contribution < 1.29 is 0 Å². The van der Waals surface area contributed by atoms with Crippen LogP contribution in [0.15, 0.2) is 0 Å². The second-order valence-corrected chi connectivity index (χ2v) is 6.80. The smallest absolute Gasteiger partial charge is 0.0104 e. The zero-order chi connectivity index (χ0) is 13.0. The molecule has 106 valence electrons. The second-order valence-electron chi connectivity index (χ2n) is 6.80. The van der Waals surface area contributed by atoms with Crippen LogP contribution < -0.4 is 5.32 Å². The van der Waals surface area contributed by atoms with E-state index in [0.717, 1.165) is 23.9 Å². The quantitative estimate of drug-likeness (QED) is 0.826. The Labute approximate surface area is 114 Å². The predicted molar refractivity (Wildman–Crippen MR) is 78.9 cm³/mol. The first-order chi connectivity index (χ1) is 8.70. The molecule has 0 aromatic heterocycles. The van der Waals surface area contributed by atoms with Gasteiger partial charge in [-0.15, -0.1) is 0 Å². The van der Waals surface area contributed by atoms with E-state index >= 15 is 0 Å². The van der Waals surface area contributed by atoms with E-state index < -0.39 is 0 Å². The zero-order valence-electron chi connectivity index (χ0n) is 12.6. The van der Waals surface area contributed by atoms with Gasteiger partial charge in [-0.3, -0.25) is 0 Å². The molecule has 2 heteroatoms. The summed E-state index contributed by atoms with van der Waals surface area (Å²) in [6, 6.07) is 1.62. The maximum atomic E-state index is 3.54. The number of nitrogens with one attached hydrogen (secondary N) is 1. The topological polar surface area (TPSA) is 15.3 Å². The van der Waals surface area contributed by atoms with Gasteiger partial charge in [0, 0.05) is 18.6 Å². The molecule has 2 aliphatic carbocycles. The van der Waals surface area contributed by atoms with E-state index in [4.69, 9.17) is 0 Å². The largest absolute Gasteiger partial charge is 0.317 e. The first-order valence-corrected chi connectivity index (χ1v) is 8.08. The lowest BCUT2D eigenvalue weighted by atomic mass is 9.82. The van der Waals surface area contributed by atoms with Gasteiger partial charge in [0.25, 0.3) is 0 Å². The van der Waals surface area contributed by atoms with Gasteiger partial charge in [0.05, 0.1) is 0 Å². The van der Waals surface area contributed by atoms with Crippen molar-refractivity contribution in [3.8, 4) is 0 Å². The Kier molecular flexibility index (Phi) is 5.50. The van der Waals surface area contributed by atoms with Gasteiger partial charge in [-0.2, -0.15) is 0 Å². The minimum absolute atomic E-state index is 0.766. The van der Waals surface area contributed by atoms with Crippen LogP contribution >= 0.6 is 0 Å². The number of hydrogen-bond donors (Lipinski definition) is 1. The van der Waals surface area contributed by atoms with E-state index in [9.17, 15) is 0 Å². The molecule has 18 heavy (non-hydrogen) atoms. The van der Waals surface area contributed by atoms with Crippen molar-refractivity contribution in [2.24, 2.45) is 11.8 Å². The van der Waals surface area contributed by atoms with Crippen LogP contribution in [0.25, 0.3) is 0 Å². The molecule has 2 rings (SSSR count). The standard InChI is InChI=1S/C16H32N2/c1-13-7-6-9-15(11-13)18(3)12-14-8-4-5-10-16(14)17-2/h13-17H,4-12H2,1-3H3. The molecule has 4 atom stereocenters. The van der Waals surface area contributed by atoms with E-state index in [-0.39, 0.29) is 0 Å². The number of rotatable bonds is 4. The van der Waals surface area contributed by atoms with E-state index in [1.54, 1.807) is 0 Å². The minimum atomic E-state index is 0.766. The number of hydrogen-bond acceptors (Lipinski definition) is 2. The second kappa shape index (κ2) is 6.91. The fourth-order valence-electron chi connectivity index (χ4n) is 4.13. The summed E-state index contributed by atoms with van der Waals surface area (Å²) in [6.07, 6.45) is 11.4. The van der Waals surface area contributed by atoms with Crippen LogP contribution in [0.1, 0.15) is 58.3 Å². The highest BCUT2D eigenvalue weighted by atomic mass is 15.1. The Hall–Kier alpha value is -0.0800. The summed E-state index contributed by atoms with van der Waals surface area (Å²) in [4.78, 5) is 2.68. The van der Waals surface area contributed by atoms with Gasteiger partial charge in [0.1, 0.15) is 0 Å². The summed E-state index contributed by atoms with van der Waals surface area (Å²) in [6.45, 7) is 3.74. The molecule has 0 aromatic carbocycles. The molecule has 4 unspecified atom stereocenters. The predicted octanol–water partition coefficient (Wildman–Crippen LogP) is 3.28. The number of nitrogens with zero attached hydrogens (tertiary/aromatic N) is 1. The Morgan fingerprint density at radius 1 is 1.06 bits per heavy atom. The molecular weight excluding hydrogens is 220 g/mol. The van der Waals surface area contributed by atoms with Gasteiger partial charge in [0.15, 0.2) is 0 Å². The van der Waals surface area contributed by atoms with Gasteiger partial charge in [0.2, 0.25) is 0 Å². The van der Waals surface area contributed by atoms with Gasteiger partial charge in [-0.1, -0.05) is 32.6 Å². The Bertz CT molecular complexity index is 241. The van der Waals surface area contributed by atoms with E-state index in [0.29, 0.717) is 0 Å². The molecule has 2 saturated carbocycles. The molecule has 0 bridgehead atoms. The summed E-state index contributed by atoms with van der Waals surface area (Å²) < 4.78 is 0. The molecule has 0 saturated heterocycles. The molecule has 0 aliphatic heterocycles. The van der Waals surface area contributed by atoms with Crippen molar-refractivity contribution in [1.29, 1.82) is 0 Å².